The molecular weight excluding hydrogens is 232 g/mol. The summed E-state index contributed by atoms with van der Waals surface area (Å²) in [6, 6.07) is 0. The Morgan fingerprint density at radius 1 is 1.21 bits per heavy atom. The van der Waals surface area contributed by atoms with Crippen molar-refractivity contribution in [3.63, 3.8) is 0 Å². The molecule has 0 amide bonds. The van der Waals surface area contributed by atoms with Crippen molar-refractivity contribution in [3.8, 4) is 0 Å². The molecular formula is C17H34N2. The highest BCUT2D eigenvalue weighted by Gasteiger charge is 2.36. The quantitative estimate of drug-likeness (QED) is 0.676. The van der Waals surface area contributed by atoms with Crippen LogP contribution in [-0.4, -0.2) is 38.1 Å². The Kier molecular flexibility index (Phi) is 5.70. The number of nitrogens with zero attached hydrogens (tertiary/aromatic N) is 1. The Morgan fingerprint density at radius 3 is 2.47 bits per heavy atom. The lowest BCUT2D eigenvalue weighted by Crippen LogP contribution is -2.45. The van der Waals surface area contributed by atoms with Gasteiger partial charge in [0, 0.05) is 19.6 Å². The van der Waals surface area contributed by atoms with Gasteiger partial charge in [0.1, 0.15) is 0 Å². The van der Waals surface area contributed by atoms with Crippen LogP contribution >= 0.6 is 0 Å². The fraction of sp³-hybridized carbons (Fsp3) is 1.00. The van der Waals surface area contributed by atoms with E-state index < -0.39 is 0 Å². The van der Waals surface area contributed by atoms with E-state index in [4.69, 9.17) is 0 Å². The lowest BCUT2D eigenvalue weighted by atomic mass is 9.73. The molecule has 2 atom stereocenters. The molecule has 2 aliphatic carbocycles. The van der Waals surface area contributed by atoms with E-state index in [1.165, 1.54) is 71.1 Å². The van der Waals surface area contributed by atoms with Gasteiger partial charge in [-0.2, -0.15) is 0 Å². The van der Waals surface area contributed by atoms with E-state index in [-0.39, 0.29) is 0 Å². The van der Waals surface area contributed by atoms with E-state index in [0.29, 0.717) is 5.41 Å². The molecule has 0 aromatic rings. The van der Waals surface area contributed by atoms with Crippen LogP contribution in [0.5, 0.6) is 0 Å². The van der Waals surface area contributed by atoms with Crippen molar-refractivity contribution < 1.29 is 0 Å². The molecule has 1 N–H and O–H groups in total. The monoisotopic (exact) mass is 266 g/mol. The van der Waals surface area contributed by atoms with Crippen LogP contribution in [0.3, 0.4) is 0 Å². The van der Waals surface area contributed by atoms with E-state index in [1.54, 1.807) is 0 Å². The average molecular weight is 266 g/mol. The maximum absolute atomic E-state index is 3.70. The summed E-state index contributed by atoms with van der Waals surface area (Å²) < 4.78 is 0. The van der Waals surface area contributed by atoms with Crippen LogP contribution in [0.1, 0.15) is 58.8 Å². The highest BCUT2D eigenvalue weighted by Crippen LogP contribution is 2.40. The number of hydrogen-bond donors (Lipinski definition) is 1. The standard InChI is InChI=1S/C17H34N2/c1-4-10-18-13-17(8-6-5-7-9-17)14-19(3)12-16-11-15(16)2/h15-16,18H,4-14H2,1-3H3. The van der Waals surface area contributed by atoms with Gasteiger partial charge in [0.25, 0.3) is 0 Å². The van der Waals surface area contributed by atoms with E-state index in [9.17, 15) is 0 Å². The summed E-state index contributed by atoms with van der Waals surface area (Å²) in [5, 5.41) is 3.70. The maximum Gasteiger partial charge on any atom is 0.00472 e. The molecule has 2 aliphatic rings. The first-order chi connectivity index (χ1) is 9.15. The number of rotatable bonds is 8. The second-order valence-electron chi connectivity index (χ2n) is 7.41. The summed E-state index contributed by atoms with van der Waals surface area (Å²) in [6.45, 7) is 9.74. The third-order valence-corrected chi connectivity index (χ3v) is 5.27. The van der Waals surface area contributed by atoms with Gasteiger partial charge in [0.05, 0.1) is 0 Å². The lowest BCUT2D eigenvalue weighted by Gasteiger charge is -2.40. The van der Waals surface area contributed by atoms with E-state index in [1.807, 2.05) is 0 Å². The maximum atomic E-state index is 3.70. The molecule has 112 valence electrons. The van der Waals surface area contributed by atoms with Gasteiger partial charge < -0.3 is 10.2 Å². The molecule has 2 nitrogen and oxygen atoms in total. The van der Waals surface area contributed by atoms with E-state index in [0.717, 1.165) is 11.8 Å². The van der Waals surface area contributed by atoms with Gasteiger partial charge in [0.2, 0.25) is 0 Å². The first-order valence-electron chi connectivity index (χ1n) is 8.54. The summed E-state index contributed by atoms with van der Waals surface area (Å²) in [5.41, 5.74) is 0.570. The highest BCUT2D eigenvalue weighted by atomic mass is 15.1. The number of hydrogen-bond acceptors (Lipinski definition) is 2. The van der Waals surface area contributed by atoms with Gasteiger partial charge >= 0.3 is 0 Å². The van der Waals surface area contributed by atoms with Crippen LogP contribution in [0.4, 0.5) is 0 Å². The van der Waals surface area contributed by atoms with Gasteiger partial charge in [-0.1, -0.05) is 33.1 Å². The summed E-state index contributed by atoms with van der Waals surface area (Å²) in [6.07, 6.45) is 9.95. The normalized spacial score (nSPS) is 29.7. The van der Waals surface area contributed by atoms with Crippen LogP contribution in [0.25, 0.3) is 0 Å². The van der Waals surface area contributed by atoms with Crippen LogP contribution in [0.15, 0.2) is 0 Å². The van der Waals surface area contributed by atoms with Crippen molar-refractivity contribution in [1.82, 2.24) is 10.2 Å². The summed E-state index contributed by atoms with van der Waals surface area (Å²) in [7, 11) is 2.35. The van der Waals surface area contributed by atoms with Gasteiger partial charge in [-0.15, -0.1) is 0 Å². The van der Waals surface area contributed by atoms with Crippen molar-refractivity contribution in [2.45, 2.75) is 58.8 Å². The third-order valence-electron chi connectivity index (χ3n) is 5.27. The predicted octanol–water partition coefficient (Wildman–Crippen LogP) is 3.52. The fourth-order valence-electron chi connectivity index (χ4n) is 3.91. The first-order valence-corrected chi connectivity index (χ1v) is 8.54. The van der Waals surface area contributed by atoms with Crippen molar-refractivity contribution in [3.05, 3.63) is 0 Å². The Balaban J connectivity index is 1.81. The number of nitrogens with one attached hydrogen (secondary N) is 1. The molecule has 0 aromatic heterocycles. The molecule has 0 spiro atoms. The Hall–Kier alpha value is -0.0800. The molecule has 2 rings (SSSR count). The topological polar surface area (TPSA) is 15.3 Å². The Labute approximate surface area is 120 Å². The predicted molar refractivity (Wildman–Crippen MR) is 83.4 cm³/mol. The zero-order valence-corrected chi connectivity index (χ0v) is 13.4. The van der Waals surface area contributed by atoms with Crippen LogP contribution in [-0.2, 0) is 0 Å². The SMILES string of the molecule is CCCNCC1(CN(C)CC2CC2C)CCCCC1. The molecule has 0 saturated heterocycles. The minimum atomic E-state index is 0.570. The van der Waals surface area contributed by atoms with Crippen molar-refractivity contribution in [1.29, 1.82) is 0 Å². The molecule has 0 bridgehead atoms. The van der Waals surface area contributed by atoms with Gasteiger partial charge in [-0.25, -0.2) is 0 Å². The molecule has 0 aliphatic heterocycles. The first kappa shape index (κ1) is 15.3. The van der Waals surface area contributed by atoms with E-state index in [2.05, 4.69) is 31.1 Å². The van der Waals surface area contributed by atoms with Crippen molar-refractivity contribution >= 4 is 0 Å². The largest absolute Gasteiger partial charge is 0.316 e. The van der Waals surface area contributed by atoms with Gasteiger partial charge in [-0.05, 0) is 56.5 Å². The molecule has 0 radical (unpaired) electrons. The molecule has 2 saturated carbocycles. The summed E-state index contributed by atoms with van der Waals surface area (Å²) in [4.78, 5) is 2.63. The molecule has 2 heteroatoms. The van der Waals surface area contributed by atoms with Crippen LogP contribution in [0.2, 0.25) is 0 Å². The molecule has 0 aromatic carbocycles. The van der Waals surface area contributed by atoms with Gasteiger partial charge in [0.15, 0.2) is 0 Å². The smallest absolute Gasteiger partial charge is 0.00472 e. The lowest BCUT2D eigenvalue weighted by molar-refractivity contribution is 0.114. The third kappa shape index (κ3) is 4.75. The zero-order valence-electron chi connectivity index (χ0n) is 13.4. The minimum Gasteiger partial charge on any atom is -0.316 e. The second-order valence-corrected chi connectivity index (χ2v) is 7.41. The summed E-state index contributed by atoms with van der Waals surface area (Å²) in [5.74, 6) is 1.98. The second kappa shape index (κ2) is 7.08. The molecule has 0 heterocycles. The molecule has 2 fully saturated rings. The van der Waals surface area contributed by atoms with Crippen LogP contribution in [0, 0.1) is 17.3 Å². The van der Waals surface area contributed by atoms with E-state index >= 15 is 0 Å². The zero-order chi connectivity index (χ0) is 13.7. The fourth-order valence-corrected chi connectivity index (χ4v) is 3.91. The molecule has 19 heavy (non-hydrogen) atoms. The highest BCUT2D eigenvalue weighted by molar-refractivity contribution is 4.90. The van der Waals surface area contributed by atoms with Crippen LogP contribution < -0.4 is 5.32 Å². The Morgan fingerprint density at radius 2 is 1.89 bits per heavy atom. The van der Waals surface area contributed by atoms with Gasteiger partial charge in [-0.3, -0.25) is 0 Å². The minimum absolute atomic E-state index is 0.570. The van der Waals surface area contributed by atoms with Crippen molar-refractivity contribution in [2.24, 2.45) is 17.3 Å². The summed E-state index contributed by atoms with van der Waals surface area (Å²) >= 11 is 0. The Bertz CT molecular complexity index is 258. The molecule has 2 unspecified atom stereocenters. The average Bonchev–Trinajstić information content (AvgIpc) is 3.06. The van der Waals surface area contributed by atoms with Crippen molar-refractivity contribution in [2.75, 3.05) is 33.2 Å².